The van der Waals surface area contributed by atoms with E-state index in [2.05, 4.69) is 0 Å². The van der Waals surface area contributed by atoms with Crippen LogP contribution in [-0.2, 0) is 66.4 Å². The minimum absolute atomic E-state index is 0.232. The van der Waals surface area contributed by atoms with Crippen molar-refractivity contribution in [3.63, 3.8) is 0 Å². The maximum Gasteiger partial charge on any atom is 0.308 e. The second kappa shape index (κ2) is 34.9. The third-order valence-electron chi connectivity index (χ3n) is 5.02. The van der Waals surface area contributed by atoms with Crippen molar-refractivity contribution >= 4 is 5.97 Å². The van der Waals surface area contributed by atoms with Crippen LogP contribution in [0.3, 0.4) is 0 Å². The Morgan fingerprint density at radius 1 is 0.364 bits per heavy atom. The standard InChI is InChI=1S/C30H60O14/c1-30(2,3)44-29(31)5-6-33-9-10-35-13-14-37-17-18-39-21-22-41-25-26-43-28-27-42-24-23-40-20-19-38-16-15-36-12-11-34-8-7-32-4/h5-28H2,1-4H3. The first-order valence-electron chi connectivity index (χ1n) is 15.5. The van der Waals surface area contributed by atoms with Crippen LogP contribution in [0.5, 0.6) is 0 Å². The van der Waals surface area contributed by atoms with E-state index >= 15 is 0 Å². The molecule has 0 aromatic heterocycles. The minimum atomic E-state index is -0.473. The maximum absolute atomic E-state index is 11.6. The first-order chi connectivity index (χ1) is 21.5. The van der Waals surface area contributed by atoms with Gasteiger partial charge in [0, 0.05) is 7.11 Å². The molecule has 44 heavy (non-hydrogen) atoms. The highest BCUT2D eigenvalue weighted by molar-refractivity contribution is 5.69. The fourth-order valence-electron chi connectivity index (χ4n) is 2.99. The number of methoxy groups -OCH3 is 1. The van der Waals surface area contributed by atoms with Gasteiger partial charge in [-0.15, -0.1) is 0 Å². The Morgan fingerprint density at radius 2 is 0.568 bits per heavy atom. The molecule has 0 aliphatic heterocycles. The topological polar surface area (TPSA) is 137 Å². The average molecular weight is 645 g/mol. The van der Waals surface area contributed by atoms with E-state index in [1.54, 1.807) is 7.11 Å². The summed E-state index contributed by atoms with van der Waals surface area (Å²) in [5.41, 5.74) is -0.473. The second-order valence-electron chi connectivity index (χ2n) is 10.1. The molecule has 0 fully saturated rings. The molecule has 0 aromatic rings. The van der Waals surface area contributed by atoms with Gasteiger partial charge in [0.25, 0.3) is 0 Å². The van der Waals surface area contributed by atoms with Gasteiger partial charge >= 0.3 is 5.97 Å². The van der Waals surface area contributed by atoms with E-state index in [9.17, 15) is 4.79 Å². The van der Waals surface area contributed by atoms with Crippen LogP contribution in [0.1, 0.15) is 27.2 Å². The zero-order valence-electron chi connectivity index (χ0n) is 27.7. The fraction of sp³-hybridized carbons (Fsp3) is 0.967. The van der Waals surface area contributed by atoms with Gasteiger partial charge in [0.1, 0.15) is 5.60 Å². The van der Waals surface area contributed by atoms with E-state index in [4.69, 9.17) is 61.6 Å². The summed E-state index contributed by atoms with van der Waals surface area (Å²) in [6.07, 6.45) is 0.232. The van der Waals surface area contributed by atoms with Gasteiger partial charge in [-0.05, 0) is 20.8 Å². The van der Waals surface area contributed by atoms with Gasteiger partial charge in [0.2, 0.25) is 0 Å². The number of hydrogen-bond acceptors (Lipinski definition) is 14. The number of carbonyl (C=O) groups excluding carboxylic acids is 1. The van der Waals surface area contributed by atoms with Gasteiger partial charge in [0.05, 0.1) is 158 Å². The molecular weight excluding hydrogens is 584 g/mol. The monoisotopic (exact) mass is 644 g/mol. The van der Waals surface area contributed by atoms with Gasteiger partial charge in [-0.1, -0.05) is 0 Å². The molecule has 0 saturated carbocycles. The highest BCUT2D eigenvalue weighted by Gasteiger charge is 2.15. The van der Waals surface area contributed by atoms with Crippen molar-refractivity contribution in [1.82, 2.24) is 0 Å². The van der Waals surface area contributed by atoms with Crippen molar-refractivity contribution in [2.75, 3.05) is 159 Å². The molecule has 0 atom stereocenters. The van der Waals surface area contributed by atoms with Crippen LogP contribution in [0.4, 0.5) is 0 Å². The van der Waals surface area contributed by atoms with Gasteiger partial charge in [-0.3, -0.25) is 4.79 Å². The molecule has 0 unspecified atom stereocenters. The van der Waals surface area contributed by atoms with E-state index in [0.717, 1.165) is 0 Å². The summed E-state index contributed by atoms with van der Waals surface area (Å²) >= 11 is 0. The summed E-state index contributed by atoms with van der Waals surface area (Å²) in [5.74, 6) is -0.265. The van der Waals surface area contributed by atoms with Crippen molar-refractivity contribution in [1.29, 1.82) is 0 Å². The molecule has 0 amide bonds. The predicted molar refractivity (Wildman–Crippen MR) is 161 cm³/mol. The van der Waals surface area contributed by atoms with Crippen LogP contribution in [-0.4, -0.2) is 171 Å². The van der Waals surface area contributed by atoms with Crippen LogP contribution in [0.25, 0.3) is 0 Å². The third-order valence-corrected chi connectivity index (χ3v) is 5.02. The smallest absolute Gasteiger partial charge is 0.308 e. The summed E-state index contributed by atoms with van der Waals surface area (Å²) < 4.78 is 69.7. The maximum atomic E-state index is 11.6. The van der Waals surface area contributed by atoms with Gasteiger partial charge in [0.15, 0.2) is 0 Å². The van der Waals surface area contributed by atoms with Crippen molar-refractivity contribution in [3.05, 3.63) is 0 Å². The van der Waals surface area contributed by atoms with Crippen LogP contribution >= 0.6 is 0 Å². The normalized spacial score (nSPS) is 11.8. The molecule has 0 saturated heterocycles. The van der Waals surface area contributed by atoms with E-state index in [0.29, 0.717) is 152 Å². The van der Waals surface area contributed by atoms with Crippen molar-refractivity contribution < 1.29 is 66.4 Å². The highest BCUT2D eigenvalue weighted by atomic mass is 16.6. The number of rotatable bonds is 36. The number of esters is 1. The van der Waals surface area contributed by atoms with Crippen LogP contribution < -0.4 is 0 Å². The summed E-state index contributed by atoms with van der Waals surface area (Å²) in [6, 6.07) is 0. The molecule has 14 nitrogen and oxygen atoms in total. The van der Waals surface area contributed by atoms with E-state index in [1.165, 1.54) is 0 Å². The van der Waals surface area contributed by atoms with E-state index in [1.807, 2.05) is 20.8 Å². The molecule has 0 rings (SSSR count). The van der Waals surface area contributed by atoms with Gasteiger partial charge in [-0.2, -0.15) is 0 Å². The molecule has 264 valence electrons. The average Bonchev–Trinajstić information content (AvgIpc) is 2.98. The quantitative estimate of drug-likeness (QED) is 0.0720. The largest absolute Gasteiger partial charge is 0.460 e. The van der Waals surface area contributed by atoms with E-state index in [-0.39, 0.29) is 12.4 Å². The molecule has 0 heterocycles. The van der Waals surface area contributed by atoms with Crippen molar-refractivity contribution in [2.45, 2.75) is 32.8 Å². The number of carbonyl (C=O) groups is 1. The predicted octanol–water partition coefficient (Wildman–Crippen LogP) is 1.55. The fourth-order valence-corrected chi connectivity index (χ4v) is 2.99. The second-order valence-corrected chi connectivity index (χ2v) is 10.1. The Hall–Kier alpha value is -1.01. The zero-order valence-corrected chi connectivity index (χ0v) is 27.7. The summed E-state index contributed by atoms with van der Waals surface area (Å²) in [5, 5.41) is 0. The minimum Gasteiger partial charge on any atom is -0.460 e. The highest BCUT2D eigenvalue weighted by Crippen LogP contribution is 2.08. The third kappa shape index (κ3) is 39.0. The van der Waals surface area contributed by atoms with Crippen molar-refractivity contribution in [2.24, 2.45) is 0 Å². The lowest BCUT2D eigenvalue weighted by Gasteiger charge is -2.19. The Morgan fingerprint density at radius 3 is 0.773 bits per heavy atom. The molecule has 0 bridgehead atoms. The molecule has 0 aliphatic carbocycles. The molecule has 0 aromatic carbocycles. The molecule has 0 radical (unpaired) electrons. The lowest BCUT2D eigenvalue weighted by Crippen LogP contribution is -2.24. The summed E-state index contributed by atoms with van der Waals surface area (Å²) in [7, 11) is 1.64. The Bertz CT molecular complexity index is 576. The molecule has 0 spiro atoms. The first-order valence-corrected chi connectivity index (χ1v) is 15.5. The lowest BCUT2D eigenvalue weighted by molar-refractivity contribution is -0.156. The summed E-state index contributed by atoms with van der Waals surface area (Å²) in [4.78, 5) is 11.6. The van der Waals surface area contributed by atoms with Crippen molar-refractivity contribution in [3.8, 4) is 0 Å². The molecule has 0 aliphatic rings. The van der Waals surface area contributed by atoms with Gasteiger partial charge in [-0.25, -0.2) is 0 Å². The number of ether oxygens (including phenoxy) is 13. The van der Waals surface area contributed by atoms with Crippen LogP contribution in [0.15, 0.2) is 0 Å². The number of hydrogen-bond donors (Lipinski definition) is 0. The Balaban J connectivity index is 3.09. The molecule has 0 N–H and O–H groups in total. The molecular formula is C30H60O14. The van der Waals surface area contributed by atoms with E-state index < -0.39 is 5.60 Å². The first kappa shape index (κ1) is 43.0. The van der Waals surface area contributed by atoms with Crippen LogP contribution in [0.2, 0.25) is 0 Å². The van der Waals surface area contributed by atoms with Crippen LogP contribution in [0, 0.1) is 0 Å². The lowest BCUT2D eigenvalue weighted by atomic mass is 10.2. The van der Waals surface area contributed by atoms with Gasteiger partial charge < -0.3 is 61.6 Å². The Kier molecular flexibility index (Phi) is 34.1. The Labute approximate surface area is 264 Å². The SMILES string of the molecule is COCCOCCOCCOCCOCCOCCOCCOCCOCCOCCOCCOCCC(=O)OC(C)(C)C. The molecule has 14 heteroatoms. The zero-order chi connectivity index (χ0) is 32.2. The summed E-state index contributed by atoms with van der Waals surface area (Å²) in [6.45, 7) is 17.0.